The molecule has 0 atom stereocenters. The highest BCUT2D eigenvalue weighted by Gasteiger charge is 2.29. The second kappa shape index (κ2) is 8.52. The Balaban J connectivity index is 0.00000261. The number of fused-ring (bicyclic) bond motifs is 1. The van der Waals surface area contributed by atoms with E-state index in [0.717, 1.165) is 25.9 Å². The molecule has 0 amide bonds. The first-order chi connectivity index (χ1) is 12.4. The molecule has 9 heteroatoms. The summed E-state index contributed by atoms with van der Waals surface area (Å²) in [6, 6.07) is 6.41. The molecule has 0 aliphatic carbocycles. The van der Waals surface area contributed by atoms with Gasteiger partial charge in [-0.3, -0.25) is 0 Å². The Hall–Kier alpha value is -1.74. The topological polar surface area (TPSA) is 97.4 Å². The number of aromatic nitrogens is 1. The summed E-state index contributed by atoms with van der Waals surface area (Å²) in [5, 5.41) is 4.19. The molecule has 27 heavy (non-hydrogen) atoms. The molecule has 0 spiro atoms. The number of carbonyl (C=O) groups is 1. The molecule has 3 rings (SSSR count). The SMILES string of the molecule is COC(=O)c1nccc2c(S(=O)(=O)NCC3(C)CCNCC3)cccc12.Cl. The van der Waals surface area contributed by atoms with Gasteiger partial charge >= 0.3 is 5.97 Å². The van der Waals surface area contributed by atoms with E-state index in [1.807, 2.05) is 0 Å². The third-order valence-corrected chi connectivity index (χ3v) is 6.39. The van der Waals surface area contributed by atoms with E-state index in [1.54, 1.807) is 18.2 Å². The van der Waals surface area contributed by atoms with Crippen LogP contribution in [-0.4, -0.2) is 46.1 Å². The number of pyridine rings is 1. The van der Waals surface area contributed by atoms with Gasteiger partial charge in [-0.05, 0) is 43.5 Å². The third kappa shape index (κ3) is 4.57. The fourth-order valence-corrected chi connectivity index (χ4v) is 4.65. The summed E-state index contributed by atoms with van der Waals surface area (Å²) in [5.41, 5.74) is 0.0362. The minimum Gasteiger partial charge on any atom is -0.464 e. The molecule has 7 nitrogen and oxygen atoms in total. The first kappa shape index (κ1) is 21.6. The van der Waals surface area contributed by atoms with E-state index >= 15 is 0 Å². The highest BCUT2D eigenvalue weighted by molar-refractivity contribution is 7.89. The van der Waals surface area contributed by atoms with Crippen LogP contribution in [0.1, 0.15) is 30.3 Å². The lowest BCUT2D eigenvalue weighted by molar-refractivity contribution is 0.0596. The maximum Gasteiger partial charge on any atom is 0.357 e. The number of rotatable bonds is 5. The maximum absolute atomic E-state index is 12.9. The number of benzene rings is 1. The van der Waals surface area contributed by atoms with Gasteiger partial charge in [-0.25, -0.2) is 22.9 Å². The number of carbonyl (C=O) groups excluding carboxylic acids is 1. The maximum atomic E-state index is 12.9. The molecule has 1 aromatic carbocycles. The van der Waals surface area contributed by atoms with Crippen molar-refractivity contribution < 1.29 is 17.9 Å². The molecule has 2 aromatic rings. The van der Waals surface area contributed by atoms with Gasteiger partial charge < -0.3 is 10.1 Å². The minimum absolute atomic E-state index is 0. The number of hydrogen-bond acceptors (Lipinski definition) is 6. The summed E-state index contributed by atoms with van der Waals surface area (Å²) in [6.07, 6.45) is 3.25. The number of esters is 1. The minimum atomic E-state index is -3.72. The zero-order chi connectivity index (χ0) is 18.8. The summed E-state index contributed by atoms with van der Waals surface area (Å²) in [4.78, 5) is 16.1. The van der Waals surface area contributed by atoms with Crippen LogP contribution in [0.4, 0.5) is 0 Å². The van der Waals surface area contributed by atoms with Crippen molar-refractivity contribution in [2.75, 3.05) is 26.7 Å². The average molecular weight is 414 g/mol. The summed E-state index contributed by atoms with van der Waals surface area (Å²) in [6.45, 7) is 4.25. The third-order valence-electron chi connectivity index (χ3n) is 4.93. The first-order valence-electron chi connectivity index (χ1n) is 8.53. The van der Waals surface area contributed by atoms with Gasteiger partial charge in [0.25, 0.3) is 0 Å². The van der Waals surface area contributed by atoms with E-state index < -0.39 is 16.0 Å². The van der Waals surface area contributed by atoms with Crippen LogP contribution in [0, 0.1) is 5.41 Å². The van der Waals surface area contributed by atoms with Crippen LogP contribution in [-0.2, 0) is 14.8 Å². The number of methoxy groups -OCH3 is 1. The van der Waals surface area contributed by atoms with E-state index in [2.05, 4.69) is 21.9 Å². The number of halogens is 1. The Kier molecular flexibility index (Phi) is 6.80. The first-order valence-corrected chi connectivity index (χ1v) is 10.0. The van der Waals surface area contributed by atoms with Crippen molar-refractivity contribution >= 4 is 39.2 Å². The number of sulfonamides is 1. The fourth-order valence-electron chi connectivity index (χ4n) is 3.23. The molecule has 0 bridgehead atoms. The van der Waals surface area contributed by atoms with Gasteiger partial charge in [0.2, 0.25) is 10.0 Å². The smallest absolute Gasteiger partial charge is 0.357 e. The summed E-state index contributed by atoms with van der Waals surface area (Å²) in [5.74, 6) is -0.597. The van der Waals surface area contributed by atoms with Gasteiger partial charge in [-0.1, -0.05) is 19.1 Å². The van der Waals surface area contributed by atoms with Crippen molar-refractivity contribution in [2.24, 2.45) is 5.41 Å². The van der Waals surface area contributed by atoms with Gasteiger partial charge in [0, 0.05) is 23.5 Å². The van der Waals surface area contributed by atoms with Crippen LogP contribution < -0.4 is 10.0 Å². The fraction of sp³-hybridized carbons (Fsp3) is 0.444. The molecule has 0 saturated carbocycles. The zero-order valence-electron chi connectivity index (χ0n) is 15.3. The van der Waals surface area contributed by atoms with Crippen LogP contribution in [0.25, 0.3) is 10.8 Å². The predicted octanol–water partition coefficient (Wildman–Crippen LogP) is 2.11. The lowest BCUT2D eigenvalue weighted by Gasteiger charge is -2.34. The van der Waals surface area contributed by atoms with Gasteiger partial charge in [0.15, 0.2) is 5.69 Å². The van der Waals surface area contributed by atoms with E-state index in [-0.39, 0.29) is 28.4 Å². The van der Waals surface area contributed by atoms with Gasteiger partial charge in [-0.2, -0.15) is 0 Å². The molecule has 2 heterocycles. The Morgan fingerprint density at radius 2 is 1.96 bits per heavy atom. The number of nitrogens with one attached hydrogen (secondary N) is 2. The highest BCUT2D eigenvalue weighted by Crippen LogP contribution is 2.29. The van der Waals surface area contributed by atoms with E-state index in [1.165, 1.54) is 19.4 Å². The predicted molar refractivity (Wildman–Crippen MR) is 106 cm³/mol. The largest absolute Gasteiger partial charge is 0.464 e. The molecular formula is C18H24ClN3O4S. The standard InChI is InChI=1S/C18H23N3O4S.ClH/c1-18(7-10-19-11-8-18)12-21-26(23,24)15-5-3-4-14-13(15)6-9-20-16(14)17(22)25-2;/h3-6,9,19,21H,7-8,10-12H2,1-2H3;1H. The average Bonchev–Trinajstić information content (AvgIpc) is 2.65. The molecular weight excluding hydrogens is 390 g/mol. The lowest BCUT2D eigenvalue weighted by atomic mass is 9.81. The van der Waals surface area contributed by atoms with Crippen LogP contribution in [0.2, 0.25) is 0 Å². The summed E-state index contributed by atoms with van der Waals surface area (Å²) < 4.78 is 33.3. The highest BCUT2D eigenvalue weighted by atomic mass is 35.5. The van der Waals surface area contributed by atoms with E-state index in [0.29, 0.717) is 17.3 Å². The van der Waals surface area contributed by atoms with Crippen molar-refractivity contribution in [1.82, 2.24) is 15.0 Å². The molecule has 1 aliphatic rings. The lowest BCUT2D eigenvalue weighted by Crippen LogP contribution is -2.42. The Morgan fingerprint density at radius 3 is 2.63 bits per heavy atom. The van der Waals surface area contributed by atoms with Crippen molar-refractivity contribution in [3.8, 4) is 0 Å². The van der Waals surface area contributed by atoms with Crippen LogP contribution in [0.3, 0.4) is 0 Å². The van der Waals surface area contributed by atoms with Gasteiger partial charge in [0.1, 0.15) is 0 Å². The Labute approximate surface area is 165 Å². The molecule has 148 valence electrons. The van der Waals surface area contributed by atoms with Crippen LogP contribution in [0.5, 0.6) is 0 Å². The van der Waals surface area contributed by atoms with Crippen molar-refractivity contribution in [3.05, 3.63) is 36.2 Å². The van der Waals surface area contributed by atoms with E-state index in [9.17, 15) is 13.2 Å². The van der Waals surface area contributed by atoms with Crippen LogP contribution in [0.15, 0.2) is 35.4 Å². The molecule has 1 saturated heterocycles. The quantitative estimate of drug-likeness (QED) is 0.728. The van der Waals surface area contributed by atoms with Crippen molar-refractivity contribution in [2.45, 2.75) is 24.7 Å². The normalized spacial score (nSPS) is 16.5. The van der Waals surface area contributed by atoms with Crippen LogP contribution >= 0.6 is 12.4 Å². The Bertz CT molecular complexity index is 927. The molecule has 2 N–H and O–H groups in total. The summed E-state index contributed by atoms with van der Waals surface area (Å²) >= 11 is 0. The number of nitrogens with zero attached hydrogens (tertiary/aromatic N) is 1. The van der Waals surface area contributed by atoms with Gasteiger partial charge in [-0.15, -0.1) is 12.4 Å². The second-order valence-corrected chi connectivity index (χ2v) is 8.62. The Morgan fingerprint density at radius 1 is 1.26 bits per heavy atom. The van der Waals surface area contributed by atoms with E-state index in [4.69, 9.17) is 4.74 Å². The second-order valence-electron chi connectivity index (χ2n) is 6.89. The molecule has 1 fully saturated rings. The number of ether oxygens (including phenoxy) is 1. The molecule has 1 aliphatic heterocycles. The molecule has 1 aromatic heterocycles. The van der Waals surface area contributed by atoms with Crippen molar-refractivity contribution in [1.29, 1.82) is 0 Å². The molecule has 0 radical (unpaired) electrons. The number of piperidine rings is 1. The molecule has 0 unspecified atom stereocenters. The van der Waals surface area contributed by atoms with Gasteiger partial charge in [0.05, 0.1) is 12.0 Å². The number of hydrogen-bond donors (Lipinski definition) is 2. The summed E-state index contributed by atoms with van der Waals surface area (Å²) in [7, 11) is -2.46. The zero-order valence-corrected chi connectivity index (χ0v) is 17.0. The van der Waals surface area contributed by atoms with Crippen molar-refractivity contribution in [3.63, 3.8) is 0 Å². The monoisotopic (exact) mass is 413 g/mol.